The Kier molecular flexibility index (Phi) is 4.08. The molecule has 2 N–H and O–H groups in total. The first-order valence-electron chi connectivity index (χ1n) is 5.88. The predicted molar refractivity (Wildman–Crippen MR) is 75.2 cm³/mol. The molecule has 2 aromatic carbocycles. The molecule has 0 aliphatic carbocycles. The highest BCUT2D eigenvalue weighted by atomic mass is 35.5. The maximum atomic E-state index is 13.1. The molecule has 19 heavy (non-hydrogen) atoms. The summed E-state index contributed by atoms with van der Waals surface area (Å²) in [5.41, 5.74) is 8.66. The van der Waals surface area contributed by atoms with Gasteiger partial charge in [-0.3, -0.25) is 0 Å². The van der Waals surface area contributed by atoms with Crippen molar-refractivity contribution in [2.45, 2.75) is 13.0 Å². The molecule has 1 atom stereocenters. The summed E-state index contributed by atoms with van der Waals surface area (Å²) in [5, 5.41) is 0.538. The Bertz CT molecular complexity index is 601. The van der Waals surface area contributed by atoms with Crippen molar-refractivity contribution in [3.05, 3.63) is 63.9 Å². The molecule has 0 aromatic heterocycles. The Morgan fingerprint density at radius 1 is 1.16 bits per heavy atom. The molecule has 2 rings (SSSR count). The summed E-state index contributed by atoms with van der Waals surface area (Å²) in [6.07, 6.45) is 0. The molecule has 0 amide bonds. The fraction of sp³-hybridized carbons (Fsp3) is 0.200. The molecule has 0 fully saturated rings. The summed E-state index contributed by atoms with van der Waals surface area (Å²) in [6.45, 7) is 1.83. The molecule has 2 nitrogen and oxygen atoms in total. The number of hydrogen-bond donors (Lipinski definition) is 1. The zero-order valence-electron chi connectivity index (χ0n) is 10.8. The van der Waals surface area contributed by atoms with Gasteiger partial charge in [0.15, 0.2) is 0 Å². The van der Waals surface area contributed by atoms with Crippen molar-refractivity contribution < 1.29 is 9.13 Å². The molecule has 0 aliphatic rings. The molecular formula is C15H15ClFNO. The fourth-order valence-corrected chi connectivity index (χ4v) is 2.33. The van der Waals surface area contributed by atoms with E-state index in [4.69, 9.17) is 22.1 Å². The molecule has 0 bridgehead atoms. The number of methoxy groups -OCH3 is 1. The Morgan fingerprint density at radius 2 is 1.84 bits per heavy atom. The zero-order chi connectivity index (χ0) is 14.0. The van der Waals surface area contributed by atoms with Gasteiger partial charge in [-0.25, -0.2) is 4.39 Å². The van der Waals surface area contributed by atoms with Crippen LogP contribution in [0.3, 0.4) is 0 Å². The molecule has 0 saturated carbocycles. The number of rotatable bonds is 3. The maximum Gasteiger partial charge on any atom is 0.123 e. The summed E-state index contributed by atoms with van der Waals surface area (Å²) >= 11 is 6.20. The van der Waals surface area contributed by atoms with Gasteiger partial charge in [0, 0.05) is 5.02 Å². The normalized spacial score (nSPS) is 12.3. The van der Waals surface area contributed by atoms with Gasteiger partial charge < -0.3 is 10.5 Å². The number of halogens is 2. The number of ether oxygens (including phenoxy) is 1. The van der Waals surface area contributed by atoms with Crippen LogP contribution in [0.4, 0.5) is 4.39 Å². The van der Waals surface area contributed by atoms with Gasteiger partial charge in [0.25, 0.3) is 0 Å². The average Bonchev–Trinajstić information content (AvgIpc) is 2.37. The third-order valence-electron chi connectivity index (χ3n) is 3.11. The molecular weight excluding hydrogens is 265 g/mol. The van der Waals surface area contributed by atoms with E-state index in [2.05, 4.69) is 0 Å². The second-order valence-electron chi connectivity index (χ2n) is 4.37. The zero-order valence-corrected chi connectivity index (χ0v) is 11.5. The van der Waals surface area contributed by atoms with E-state index < -0.39 is 0 Å². The van der Waals surface area contributed by atoms with Crippen LogP contribution in [0.15, 0.2) is 36.4 Å². The van der Waals surface area contributed by atoms with E-state index in [9.17, 15) is 4.39 Å². The molecule has 0 heterocycles. The Balaban J connectivity index is 2.41. The van der Waals surface area contributed by atoms with E-state index in [-0.39, 0.29) is 11.9 Å². The second-order valence-corrected chi connectivity index (χ2v) is 4.77. The van der Waals surface area contributed by atoms with E-state index in [1.54, 1.807) is 25.3 Å². The summed E-state index contributed by atoms with van der Waals surface area (Å²) < 4.78 is 18.2. The first-order valence-corrected chi connectivity index (χ1v) is 6.26. The number of benzene rings is 2. The summed E-state index contributed by atoms with van der Waals surface area (Å²) in [5.74, 6) is 0.408. The van der Waals surface area contributed by atoms with Gasteiger partial charge in [-0.2, -0.15) is 0 Å². The van der Waals surface area contributed by atoms with Crippen molar-refractivity contribution in [3.8, 4) is 5.75 Å². The largest absolute Gasteiger partial charge is 0.497 e. The lowest BCUT2D eigenvalue weighted by molar-refractivity contribution is 0.414. The monoisotopic (exact) mass is 279 g/mol. The standard InChI is InChI=1S/C15H15ClFNO/c1-9-7-10(17)3-5-12(9)15(18)13-6-4-11(19-2)8-14(13)16/h3-8,15H,18H2,1-2H3. The van der Waals surface area contributed by atoms with Gasteiger partial charge in [0.1, 0.15) is 11.6 Å². The molecule has 1 unspecified atom stereocenters. The van der Waals surface area contributed by atoms with Crippen molar-refractivity contribution >= 4 is 11.6 Å². The molecule has 2 aromatic rings. The minimum atomic E-state index is -0.390. The Hall–Kier alpha value is -1.58. The van der Waals surface area contributed by atoms with Crippen LogP contribution in [0.5, 0.6) is 5.75 Å². The summed E-state index contributed by atoms with van der Waals surface area (Å²) in [4.78, 5) is 0. The third kappa shape index (κ3) is 2.88. The molecule has 4 heteroatoms. The van der Waals surface area contributed by atoms with E-state index >= 15 is 0 Å². The van der Waals surface area contributed by atoms with Crippen molar-refractivity contribution in [2.75, 3.05) is 7.11 Å². The van der Waals surface area contributed by atoms with Gasteiger partial charge in [-0.1, -0.05) is 23.7 Å². The lowest BCUT2D eigenvalue weighted by Gasteiger charge is -2.17. The highest BCUT2D eigenvalue weighted by Gasteiger charge is 2.15. The van der Waals surface area contributed by atoms with Crippen LogP contribution in [0.1, 0.15) is 22.7 Å². The Labute approximate surface area is 117 Å². The van der Waals surface area contributed by atoms with Crippen LogP contribution < -0.4 is 10.5 Å². The van der Waals surface area contributed by atoms with E-state index in [0.717, 1.165) is 16.7 Å². The lowest BCUT2D eigenvalue weighted by atomic mass is 9.95. The van der Waals surface area contributed by atoms with Crippen LogP contribution in [-0.2, 0) is 0 Å². The first kappa shape index (κ1) is 13.8. The molecule has 100 valence electrons. The Morgan fingerprint density at radius 3 is 2.42 bits per heavy atom. The maximum absolute atomic E-state index is 13.1. The van der Waals surface area contributed by atoms with Crippen LogP contribution in [-0.4, -0.2) is 7.11 Å². The lowest BCUT2D eigenvalue weighted by Crippen LogP contribution is -2.14. The van der Waals surface area contributed by atoms with Crippen LogP contribution in [0.25, 0.3) is 0 Å². The average molecular weight is 280 g/mol. The van der Waals surface area contributed by atoms with Gasteiger partial charge >= 0.3 is 0 Å². The minimum Gasteiger partial charge on any atom is -0.497 e. The highest BCUT2D eigenvalue weighted by Crippen LogP contribution is 2.31. The van der Waals surface area contributed by atoms with Gasteiger partial charge in [0.05, 0.1) is 13.2 Å². The summed E-state index contributed by atoms with van der Waals surface area (Å²) in [7, 11) is 1.58. The second kappa shape index (κ2) is 5.59. The minimum absolute atomic E-state index is 0.269. The van der Waals surface area contributed by atoms with Gasteiger partial charge in [-0.05, 0) is 47.9 Å². The highest BCUT2D eigenvalue weighted by molar-refractivity contribution is 6.31. The fourth-order valence-electron chi connectivity index (χ4n) is 2.04. The number of nitrogens with two attached hydrogens (primary N) is 1. The van der Waals surface area contributed by atoms with E-state index in [1.807, 2.05) is 13.0 Å². The topological polar surface area (TPSA) is 35.2 Å². The molecule has 0 saturated heterocycles. The number of aryl methyl sites for hydroxylation is 1. The van der Waals surface area contributed by atoms with Crippen molar-refractivity contribution in [1.29, 1.82) is 0 Å². The van der Waals surface area contributed by atoms with Gasteiger partial charge in [0.2, 0.25) is 0 Å². The van der Waals surface area contributed by atoms with Crippen molar-refractivity contribution in [1.82, 2.24) is 0 Å². The van der Waals surface area contributed by atoms with E-state index in [0.29, 0.717) is 10.8 Å². The summed E-state index contributed by atoms with van der Waals surface area (Å²) in [6, 6.07) is 9.52. The van der Waals surface area contributed by atoms with E-state index in [1.165, 1.54) is 12.1 Å². The van der Waals surface area contributed by atoms with Crippen LogP contribution in [0, 0.1) is 12.7 Å². The number of hydrogen-bond acceptors (Lipinski definition) is 2. The van der Waals surface area contributed by atoms with Crippen molar-refractivity contribution in [3.63, 3.8) is 0 Å². The van der Waals surface area contributed by atoms with Crippen LogP contribution >= 0.6 is 11.6 Å². The SMILES string of the molecule is COc1ccc(C(N)c2ccc(F)cc2C)c(Cl)c1. The molecule has 0 aliphatic heterocycles. The third-order valence-corrected chi connectivity index (χ3v) is 3.44. The smallest absolute Gasteiger partial charge is 0.123 e. The molecule has 0 radical (unpaired) electrons. The first-order chi connectivity index (χ1) is 9.02. The van der Waals surface area contributed by atoms with Gasteiger partial charge in [-0.15, -0.1) is 0 Å². The molecule has 0 spiro atoms. The van der Waals surface area contributed by atoms with Crippen LogP contribution in [0.2, 0.25) is 5.02 Å². The predicted octanol–water partition coefficient (Wildman–Crippen LogP) is 3.84. The van der Waals surface area contributed by atoms with Crippen molar-refractivity contribution in [2.24, 2.45) is 5.73 Å². The quantitative estimate of drug-likeness (QED) is 0.926.